The number of sulfonamides is 1. The highest BCUT2D eigenvalue weighted by atomic mass is 32.2. The van der Waals surface area contributed by atoms with Gasteiger partial charge in [0.25, 0.3) is 5.56 Å². The van der Waals surface area contributed by atoms with Crippen LogP contribution in [0.4, 0.5) is 5.95 Å². The van der Waals surface area contributed by atoms with Gasteiger partial charge in [-0.05, 0) is 50.5 Å². The number of hydrogen-bond acceptors (Lipinski definition) is 6. The number of aromatic nitrogens is 3. The Bertz CT molecular complexity index is 1250. The van der Waals surface area contributed by atoms with E-state index in [1.807, 2.05) is 25.1 Å². The van der Waals surface area contributed by atoms with Crippen molar-refractivity contribution in [3.8, 4) is 11.3 Å². The molecular formula is C24H29N5O3S. The van der Waals surface area contributed by atoms with E-state index in [4.69, 9.17) is 4.98 Å². The molecule has 4 rings (SSSR count). The standard InChI is InChI=1S/C24H29N5O3S/c1-3-29(24-26-22(18-23(30)27(24)2)19-11-14-25-15-12-19)20-8-7-16-28(17-13-20)33(31,32)21-9-5-4-6-10-21/h4-6,9-12,14-15,18,20H,3,7-8,13,16-17H2,1-2H3. The monoisotopic (exact) mass is 467 g/mol. The first-order valence-electron chi connectivity index (χ1n) is 11.2. The molecule has 1 aliphatic rings. The molecule has 0 N–H and O–H groups in total. The molecule has 174 valence electrons. The maximum absolute atomic E-state index is 13.1. The first kappa shape index (κ1) is 23.1. The molecule has 3 aromatic rings. The highest BCUT2D eigenvalue weighted by Crippen LogP contribution is 2.26. The maximum atomic E-state index is 13.1. The van der Waals surface area contributed by atoms with Crippen LogP contribution in [0, 0.1) is 0 Å². The van der Waals surface area contributed by atoms with Gasteiger partial charge in [0.1, 0.15) is 0 Å². The van der Waals surface area contributed by atoms with Gasteiger partial charge in [-0.15, -0.1) is 0 Å². The topological polar surface area (TPSA) is 88.4 Å². The summed E-state index contributed by atoms with van der Waals surface area (Å²) in [6.07, 6.45) is 5.59. The summed E-state index contributed by atoms with van der Waals surface area (Å²) >= 11 is 0. The van der Waals surface area contributed by atoms with Crippen molar-refractivity contribution in [2.75, 3.05) is 24.5 Å². The summed E-state index contributed by atoms with van der Waals surface area (Å²) < 4.78 is 29.4. The lowest BCUT2D eigenvalue weighted by Crippen LogP contribution is -2.40. The van der Waals surface area contributed by atoms with Crippen molar-refractivity contribution in [1.82, 2.24) is 18.8 Å². The maximum Gasteiger partial charge on any atom is 0.255 e. The molecule has 1 unspecified atom stereocenters. The quantitative estimate of drug-likeness (QED) is 0.554. The number of nitrogens with zero attached hydrogens (tertiary/aromatic N) is 5. The number of rotatable bonds is 6. The van der Waals surface area contributed by atoms with Crippen molar-refractivity contribution in [2.24, 2.45) is 7.05 Å². The molecule has 0 radical (unpaired) electrons. The van der Waals surface area contributed by atoms with Crippen molar-refractivity contribution in [1.29, 1.82) is 0 Å². The fourth-order valence-electron chi connectivity index (χ4n) is 4.36. The SMILES string of the molecule is CCN(c1nc(-c2ccncc2)cc(=O)n1C)C1CCCN(S(=O)(=O)c2ccccc2)CC1. The molecule has 1 saturated heterocycles. The van der Waals surface area contributed by atoms with E-state index in [0.29, 0.717) is 42.6 Å². The second kappa shape index (κ2) is 9.84. The molecule has 1 aliphatic heterocycles. The fourth-order valence-corrected chi connectivity index (χ4v) is 5.88. The Morgan fingerprint density at radius 2 is 1.79 bits per heavy atom. The highest BCUT2D eigenvalue weighted by molar-refractivity contribution is 7.89. The molecule has 1 fully saturated rings. The van der Waals surface area contributed by atoms with E-state index in [1.165, 1.54) is 6.07 Å². The summed E-state index contributed by atoms with van der Waals surface area (Å²) in [5.74, 6) is 0.598. The normalized spacial score (nSPS) is 17.5. The molecule has 0 amide bonds. The van der Waals surface area contributed by atoms with Crippen molar-refractivity contribution in [3.63, 3.8) is 0 Å². The van der Waals surface area contributed by atoms with E-state index in [0.717, 1.165) is 18.4 Å². The molecule has 9 heteroatoms. The van der Waals surface area contributed by atoms with Crippen LogP contribution in [-0.2, 0) is 17.1 Å². The van der Waals surface area contributed by atoms with Gasteiger partial charge in [-0.2, -0.15) is 4.31 Å². The molecule has 2 aromatic heterocycles. The predicted octanol–water partition coefficient (Wildman–Crippen LogP) is 2.91. The van der Waals surface area contributed by atoms with Gasteiger partial charge in [-0.1, -0.05) is 18.2 Å². The predicted molar refractivity (Wildman–Crippen MR) is 129 cm³/mol. The van der Waals surface area contributed by atoms with Gasteiger partial charge in [0, 0.05) is 56.7 Å². The van der Waals surface area contributed by atoms with Gasteiger partial charge in [0.05, 0.1) is 10.6 Å². The summed E-state index contributed by atoms with van der Waals surface area (Å²) in [5, 5.41) is 0. The van der Waals surface area contributed by atoms with Crippen LogP contribution in [0.5, 0.6) is 0 Å². The summed E-state index contributed by atoms with van der Waals surface area (Å²) in [6.45, 7) is 3.61. The van der Waals surface area contributed by atoms with E-state index in [9.17, 15) is 13.2 Å². The third-order valence-corrected chi connectivity index (χ3v) is 8.08. The van der Waals surface area contributed by atoms with Crippen molar-refractivity contribution >= 4 is 16.0 Å². The summed E-state index contributed by atoms with van der Waals surface area (Å²) in [7, 11) is -1.80. The molecule has 1 atom stereocenters. The summed E-state index contributed by atoms with van der Waals surface area (Å²) in [4.78, 5) is 24.1. The van der Waals surface area contributed by atoms with E-state index >= 15 is 0 Å². The minimum atomic E-state index is -3.53. The zero-order valence-corrected chi connectivity index (χ0v) is 19.8. The molecule has 0 saturated carbocycles. The molecule has 0 spiro atoms. The average Bonchev–Trinajstić information content (AvgIpc) is 3.10. The molecule has 0 aliphatic carbocycles. The minimum absolute atomic E-state index is 0.0803. The van der Waals surface area contributed by atoms with Gasteiger partial charge >= 0.3 is 0 Å². The summed E-state index contributed by atoms with van der Waals surface area (Å²) in [5.41, 5.74) is 1.31. The Balaban J connectivity index is 1.60. The third-order valence-electron chi connectivity index (χ3n) is 6.16. The Labute approximate surface area is 194 Å². The van der Waals surface area contributed by atoms with Gasteiger partial charge in [-0.3, -0.25) is 14.3 Å². The lowest BCUT2D eigenvalue weighted by Gasteiger charge is -2.32. The highest BCUT2D eigenvalue weighted by Gasteiger charge is 2.30. The first-order chi connectivity index (χ1) is 15.9. The first-order valence-corrected chi connectivity index (χ1v) is 12.7. The molecule has 3 heterocycles. The van der Waals surface area contributed by atoms with Crippen molar-refractivity contribution in [2.45, 2.75) is 37.1 Å². The zero-order valence-electron chi connectivity index (χ0n) is 19.0. The Hall–Kier alpha value is -3.04. The second-order valence-corrected chi connectivity index (χ2v) is 10.1. The van der Waals surface area contributed by atoms with Gasteiger partial charge in [0.2, 0.25) is 16.0 Å². The van der Waals surface area contributed by atoms with E-state index in [2.05, 4.69) is 9.88 Å². The molecule has 33 heavy (non-hydrogen) atoms. The second-order valence-electron chi connectivity index (χ2n) is 8.16. The van der Waals surface area contributed by atoms with Gasteiger partial charge < -0.3 is 4.90 Å². The van der Waals surface area contributed by atoms with Crippen LogP contribution < -0.4 is 10.5 Å². The average molecular weight is 468 g/mol. The van der Waals surface area contributed by atoms with Crippen LogP contribution in [0.25, 0.3) is 11.3 Å². The Morgan fingerprint density at radius 3 is 2.48 bits per heavy atom. The van der Waals surface area contributed by atoms with Crippen LogP contribution in [0.1, 0.15) is 26.2 Å². The van der Waals surface area contributed by atoms with Crippen LogP contribution in [0.15, 0.2) is 70.6 Å². The number of anilines is 1. The largest absolute Gasteiger partial charge is 0.339 e. The number of benzene rings is 1. The smallest absolute Gasteiger partial charge is 0.255 e. The van der Waals surface area contributed by atoms with Gasteiger partial charge in [-0.25, -0.2) is 13.4 Å². The van der Waals surface area contributed by atoms with Crippen molar-refractivity contribution in [3.05, 3.63) is 71.3 Å². The number of hydrogen-bond donors (Lipinski definition) is 0. The minimum Gasteiger partial charge on any atom is -0.339 e. The van der Waals surface area contributed by atoms with Crippen LogP contribution >= 0.6 is 0 Å². The molecule has 0 bridgehead atoms. The van der Waals surface area contributed by atoms with Crippen molar-refractivity contribution < 1.29 is 8.42 Å². The lowest BCUT2D eigenvalue weighted by molar-refractivity contribution is 0.419. The molecule has 1 aromatic carbocycles. The lowest BCUT2D eigenvalue weighted by atomic mass is 10.1. The summed E-state index contributed by atoms with van der Waals surface area (Å²) in [6, 6.07) is 13.9. The van der Waals surface area contributed by atoms with Gasteiger partial charge in [0.15, 0.2) is 0 Å². The van der Waals surface area contributed by atoms with E-state index < -0.39 is 10.0 Å². The molecule has 8 nitrogen and oxygen atoms in total. The Morgan fingerprint density at radius 1 is 1.06 bits per heavy atom. The van der Waals surface area contributed by atoms with Crippen LogP contribution in [0.2, 0.25) is 0 Å². The van der Waals surface area contributed by atoms with E-state index in [-0.39, 0.29) is 11.6 Å². The third kappa shape index (κ3) is 4.84. The van der Waals surface area contributed by atoms with Crippen LogP contribution in [-0.4, -0.2) is 52.9 Å². The van der Waals surface area contributed by atoms with Crippen LogP contribution in [0.3, 0.4) is 0 Å². The molecular weight excluding hydrogens is 438 g/mol. The fraction of sp³-hybridized carbons (Fsp3) is 0.375. The Kier molecular flexibility index (Phi) is 6.90. The zero-order chi connectivity index (χ0) is 23.4. The number of pyridine rings is 1. The van der Waals surface area contributed by atoms with E-state index in [1.54, 1.807) is 52.6 Å².